The molecule has 2 N–H and O–H groups in total. The lowest BCUT2D eigenvalue weighted by molar-refractivity contribution is -0.115. The third-order valence-corrected chi connectivity index (χ3v) is 5.92. The normalized spacial score (nSPS) is 12.9. The largest absolute Gasteiger partial charge is 0.342 e. The third-order valence-electron chi connectivity index (χ3n) is 4.15. The third kappa shape index (κ3) is 5.21. The molecule has 0 bridgehead atoms. The van der Waals surface area contributed by atoms with Crippen molar-refractivity contribution >= 4 is 40.0 Å². The van der Waals surface area contributed by atoms with Crippen LogP contribution in [0.3, 0.4) is 0 Å². The molecule has 1 aromatic carbocycles. The minimum absolute atomic E-state index is 0.150. The Morgan fingerprint density at radius 1 is 1.21 bits per heavy atom. The van der Waals surface area contributed by atoms with Crippen molar-refractivity contribution in [3.05, 3.63) is 53.3 Å². The zero-order valence-electron chi connectivity index (χ0n) is 16.3. The highest BCUT2D eigenvalue weighted by molar-refractivity contribution is 8.00. The molecular weight excluding hydrogens is 408 g/mol. The second kappa shape index (κ2) is 9.66. The number of rotatable bonds is 8. The summed E-state index contributed by atoms with van der Waals surface area (Å²) in [5.74, 6) is 0.323. The number of nitrogens with zero attached hydrogens (tertiary/aromatic N) is 4. The fourth-order valence-corrected chi connectivity index (χ4v) is 4.09. The van der Waals surface area contributed by atoms with Gasteiger partial charge in [0.15, 0.2) is 16.1 Å². The van der Waals surface area contributed by atoms with Gasteiger partial charge in [0.05, 0.1) is 11.3 Å². The lowest BCUT2D eigenvalue weighted by atomic mass is 10.2. The van der Waals surface area contributed by atoms with Gasteiger partial charge in [0.2, 0.25) is 5.91 Å². The number of amides is 2. The Labute approximate surface area is 177 Å². The van der Waals surface area contributed by atoms with Gasteiger partial charge in [0.25, 0.3) is 5.91 Å². The fraction of sp³-hybridized carbons (Fsp3) is 0.316. The van der Waals surface area contributed by atoms with Gasteiger partial charge < -0.3 is 15.2 Å². The van der Waals surface area contributed by atoms with Crippen LogP contribution in [0.25, 0.3) is 0 Å². The highest BCUT2D eigenvalue weighted by Gasteiger charge is 2.23. The van der Waals surface area contributed by atoms with Gasteiger partial charge in [-0.2, -0.15) is 0 Å². The van der Waals surface area contributed by atoms with Crippen LogP contribution in [-0.2, 0) is 11.3 Å². The molecule has 152 valence electrons. The molecule has 2 atom stereocenters. The molecule has 2 aromatic heterocycles. The Balaban J connectivity index is 1.67. The van der Waals surface area contributed by atoms with E-state index in [0.717, 1.165) is 0 Å². The summed E-state index contributed by atoms with van der Waals surface area (Å²) in [5.41, 5.74) is 0.587. The molecule has 3 rings (SSSR count). The van der Waals surface area contributed by atoms with E-state index in [9.17, 15) is 9.59 Å². The summed E-state index contributed by atoms with van der Waals surface area (Å²) in [6.07, 6.45) is 1.64. The molecule has 3 aromatic rings. The molecule has 0 saturated heterocycles. The number of thiazole rings is 1. The first-order valence-corrected chi connectivity index (χ1v) is 10.9. The maximum atomic E-state index is 12.4. The molecule has 10 heteroatoms. The summed E-state index contributed by atoms with van der Waals surface area (Å²) >= 11 is 2.69. The van der Waals surface area contributed by atoms with Crippen LogP contribution < -0.4 is 10.6 Å². The first kappa shape index (κ1) is 21.0. The first-order valence-electron chi connectivity index (χ1n) is 9.15. The number of carbonyl (C=O) groups excluding carboxylic acids is 2. The van der Waals surface area contributed by atoms with E-state index >= 15 is 0 Å². The molecular formula is C19H22N6O2S2. The van der Waals surface area contributed by atoms with Gasteiger partial charge in [0.1, 0.15) is 0 Å². The van der Waals surface area contributed by atoms with Crippen molar-refractivity contribution < 1.29 is 9.59 Å². The van der Waals surface area contributed by atoms with Crippen molar-refractivity contribution in [3.63, 3.8) is 0 Å². The van der Waals surface area contributed by atoms with Gasteiger partial charge in [-0.15, -0.1) is 21.5 Å². The average molecular weight is 431 g/mol. The molecule has 0 aliphatic carbocycles. The predicted molar refractivity (Wildman–Crippen MR) is 114 cm³/mol. The summed E-state index contributed by atoms with van der Waals surface area (Å²) in [5, 5.41) is 16.9. The Kier molecular flexibility index (Phi) is 6.99. The fourth-order valence-electron chi connectivity index (χ4n) is 2.64. The van der Waals surface area contributed by atoms with Crippen molar-refractivity contribution in [1.29, 1.82) is 0 Å². The van der Waals surface area contributed by atoms with Crippen molar-refractivity contribution in [1.82, 2.24) is 25.1 Å². The Bertz CT molecular complexity index is 959. The molecule has 0 aliphatic rings. The zero-order valence-corrected chi connectivity index (χ0v) is 18.0. The van der Waals surface area contributed by atoms with Crippen molar-refractivity contribution in [2.24, 2.45) is 0 Å². The average Bonchev–Trinajstić information content (AvgIpc) is 3.38. The quantitative estimate of drug-likeness (QED) is 0.531. The highest BCUT2D eigenvalue weighted by Crippen LogP contribution is 2.25. The van der Waals surface area contributed by atoms with E-state index in [2.05, 4.69) is 25.8 Å². The lowest BCUT2D eigenvalue weighted by Crippen LogP contribution is -2.28. The predicted octanol–water partition coefficient (Wildman–Crippen LogP) is 3.36. The topological polar surface area (TPSA) is 102 Å². The summed E-state index contributed by atoms with van der Waals surface area (Å²) in [7, 11) is 0. The molecule has 0 aliphatic heterocycles. The minimum atomic E-state index is -0.379. The molecule has 0 fully saturated rings. The summed E-state index contributed by atoms with van der Waals surface area (Å²) in [4.78, 5) is 28.9. The minimum Gasteiger partial charge on any atom is -0.342 e. The van der Waals surface area contributed by atoms with Gasteiger partial charge in [-0.25, -0.2) is 4.98 Å². The molecule has 0 radical (unpaired) electrons. The Hall–Kier alpha value is -2.72. The number of anilines is 1. The van der Waals surface area contributed by atoms with E-state index in [0.29, 0.717) is 28.2 Å². The number of nitrogens with one attached hydrogen (secondary N) is 2. The van der Waals surface area contributed by atoms with E-state index in [4.69, 9.17) is 0 Å². The summed E-state index contributed by atoms with van der Waals surface area (Å²) in [6.45, 7) is 6.27. The molecule has 0 spiro atoms. The SMILES string of the molecule is CCn1c(S[C@H](C)C(=O)Nc2nccs2)nnc1[C@@H](C)NC(=O)c1ccccc1. The molecule has 8 nitrogen and oxygen atoms in total. The van der Waals surface area contributed by atoms with E-state index in [1.807, 2.05) is 43.5 Å². The van der Waals surface area contributed by atoms with Crippen molar-refractivity contribution in [2.75, 3.05) is 5.32 Å². The molecule has 0 saturated carbocycles. The molecule has 2 heterocycles. The number of aromatic nitrogens is 4. The van der Waals surface area contributed by atoms with Gasteiger partial charge >= 0.3 is 0 Å². The first-order chi connectivity index (χ1) is 14.0. The monoisotopic (exact) mass is 430 g/mol. The highest BCUT2D eigenvalue weighted by atomic mass is 32.2. The van der Waals surface area contributed by atoms with Crippen LogP contribution in [0.1, 0.15) is 43.0 Å². The summed E-state index contributed by atoms with van der Waals surface area (Å²) < 4.78 is 1.91. The smallest absolute Gasteiger partial charge is 0.251 e. The van der Waals surface area contributed by atoms with Gasteiger partial charge in [-0.1, -0.05) is 30.0 Å². The molecule has 0 unspecified atom stereocenters. The van der Waals surface area contributed by atoms with Crippen molar-refractivity contribution in [3.8, 4) is 0 Å². The van der Waals surface area contributed by atoms with E-state index in [-0.39, 0.29) is 23.1 Å². The Morgan fingerprint density at radius 3 is 2.62 bits per heavy atom. The zero-order chi connectivity index (χ0) is 20.8. The second-order valence-electron chi connectivity index (χ2n) is 6.23. The second-order valence-corrected chi connectivity index (χ2v) is 8.44. The number of hydrogen-bond acceptors (Lipinski definition) is 7. The van der Waals surface area contributed by atoms with Gasteiger partial charge in [-0.05, 0) is 32.9 Å². The van der Waals surface area contributed by atoms with Gasteiger partial charge in [0, 0.05) is 23.7 Å². The number of hydrogen-bond donors (Lipinski definition) is 2. The maximum absolute atomic E-state index is 12.4. The molecule has 29 heavy (non-hydrogen) atoms. The molecule has 2 amide bonds. The van der Waals surface area contributed by atoms with E-state index in [1.54, 1.807) is 23.7 Å². The number of benzene rings is 1. The number of thioether (sulfide) groups is 1. The Morgan fingerprint density at radius 2 is 1.97 bits per heavy atom. The number of carbonyl (C=O) groups is 2. The summed E-state index contributed by atoms with van der Waals surface area (Å²) in [6, 6.07) is 8.70. The van der Waals surface area contributed by atoms with Crippen molar-refractivity contribution in [2.45, 2.75) is 43.8 Å². The standard InChI is InChI=1S/C19H22N6O2S2/c1-4-25-15(12(2)21-17(27)14-8-6-5-7-9-14)23-24-19(25)29-13(3)16(26)22-18-20-10-11-28-18/h5-13H,4H2,1-3H3,(H,21,27)(H,20,22,26)/t12-,13-/m1/s1. The van der Waals surface area contributed by atoms with Crippen LogP contribution in [0, 0.1) is 0 Å². The van der Waals surface area contributed by atoms with Crippen LogP contribution in [0.2, 0.25) is 0 Å². The van der Waals surface area contributed by atoms with Crippen LogP contribution in [0.4, 0.5) is 5.13 Å². The van der Waals surface area contributed by atoms with Crippen LogP contribution in [0.15, 0.2) is 47.1 Å². The van der Waals surface area contributed by atoms with Crippen LogP contribution in [-0.4, -0.2) is 36.8 Å². The van der Waals surface area contributed by atoms with Crippen LogP contribution >= 0.6 is 23.1 Å². The van der Waals surface area contributed by atoms with E-state index < -0.39 is 0 Å². The lowest BCUT2D eigenvalue weighted by Gasteiger charge is -2.16. The van der Waals surface area contributed by atoms with E-state index in [1.165, 1.54) is 23.1 Å². The van der Waals surface area contributed by atoms with Gasteiger partial charge in [-0.3, -0.25) is 9.59 Å². The maximum Gasteiger partial charge on any atom is 0.251 e. The van der Waals surface area contributed by atoms with Crippen LogP contribution in [0.5, 0.6) is 0 Å².